The minimum Gasteiger partial charge on any atom is -0.459 e. The molecule has 0 heterocycles. The highest BCUT2D eigenvalue weighted by atomic mass is 16.5. The van der Waals surface area contributed by atoms with Crippen molar-refractivity contribution in [1.29, 1.82) is 0 Å². The third-order valence-electron chi connectivity index (χ3n) is 2.69. The largest absolute Gasteiger partial charge is 0.459 e. The summed E-state index contributed by atoms with van der Waals surface area (Å²) in [5, 5.41) is 17.8. The zero-order chi connectivity index (χ0) is 15.1. The first-order chi connectivity index (χ1) is 10.2. The summed E-state index contributed by atoms with van der Waals surface area (Å²) in [5.74, 6) is 0.751. The standard InChI is InChI=1S/C16H16O5/c17-10-13(18)11-20-16(19)12-6-8-15(9-7-12)21-14-4-2-1-3-5-14/h1-9,13,17-18H,10-11H2. The summed E-state index contributed by atoms with van der Waals surface area (Å²) >= 11 is 0. The molecule has 0 aromatic heterocycles. The van der Waals surface area contributed by atoms with Gasteiger partial charge >= 0.3 is 5.97 Å². The molecule has 2 aromatic rings. The molecule has 110 valence electrons. The van der Waals surface area contributed by atoms with Crippen LogP contribution in [0.15, 0.2) is 54.6 Å². The molecule has 0 radical (unpaired) electrons. The van der Waals surface area contributed by atoms with E-state index >= 15 is 0 Å². The molecule has 21 heavy (non-hydrogen) atoms. The van der Waals surface area contributed by atoms with Crippen LogP contribution < -0.4 is 4.74 Å². The van der Waals surface area contributed by atoms with E-state index in [1.807, 2.05) is 30.3 Å². The zero-order valence-corrected chi connectivity index (χ0v) is 11.3. The number of rotatable bonds is 6. The van der Waals surface area contributed by atoms with Crippen LogP contribution in [0.4, 0.5) is 0 Å². The Morgan fingerprint density at radius 3 is 2.24 bits per heavy atom. The number of esters is 1. The van der Waals surface area contributed by atoms with E-state index in [-0.39, 0.29) is 6.61 Å². The number of carbonyl (C=O) groups is 1. The average molecular weight is 288 g/mol. The second-order valence-corrected chi connectivity index (χ2v) is 4.37. The predicted molar refractivity (Wildman–Crippen MR) is 76.3 cm³/mol. The van der Waals surface area contributed by atoms with E-state index in [4.69, 9.17) is 19.7 Å². The topological polar surface area (TPSA) is 76.0 Å². The molecule has 0 amide bonds. The summed E-state index contributed by atoms with van der Waals surface area (Å²) in [4.78, 5) is 11.7. The SMILES string of the molecule is O=C(OCC(O)CO)c1ccc(Oc2ccccc2)cc1. The second kappa shape index (κ2) is 7.42. The van der Waals surface area contributed by atoms with Gasteiger partial charge in [-0.2, -0.15) is 0 Å². The number of para-hydroxylation sites is 1. The van der Waals surface area contributed by atoms with Crippen LogP contribution in [-0.4, -0.2) is 35.5 Å². The molecule has 0 aliphatic heterocycles. The summed E-state index contributed by atoms with van der Waals surface area (Å²) in [5.41, 5.74) is 0.348. The average Bonchev–Trinajstić information content (AvgIpc) is 2.54. The molecule has 0 spiro atoms. The first-order valence-corrected chi connectivity index (χ1v) is 6.48. The van der Waals surface area contributed by atoms with Gasteiger partial charge in [0.15, 0.2) is 0 Å². The third-order valence-corrected chi connectivity index (χ3v) is 2.69. The number of hydrogen-bond acceptors (Lipinski definition) is 5. The van der Waals surface area contributed by atoms with E-state index < -0.39 is 18.7 Å². The predicted octanol–water partition coefficient (Wildman–Crippen LogP) is 1.99. The van der Waals surface area contributed by atoms with Gasteiger partial charge in [-0.3, -0.25) is 0 Å². The Balaban J connectivity index is 1.94. The highest BCUT2D eigenvalue weighted by Gasteiger charge is 2.10. The Labute approximate surface area is 122 Å². The maximum absolute atomic E-state index is 11.7. The third kappa shape index (κ3) is 4.59. The van der Waals surface area contributed by atoms with Crippen molar-refractivity contribution in [2.45, 2.75) is 6.10 Å². The maximum Gasteiger partial charge on any atom is 0.338 e. The van der Waals surface area contributed by atoms with Crippen molar-refractivity contribution in [3.8, 4) is 11.5 Å². The van der Waals surface area contributed by atoms with E-state index in [2.05, 4.69) is 0 Å². The smallest absolute Gasteiger partial charge is 0.338 e. The Morgan fingerprint density at radius 1 is 1.00 bits per heavy atom. The fraction of sp³-hybridized carbons (Fsp3) is 0.188. The van der Waals surface area contributed by atoms with Crippen molar-refractivity contribution in [3.05, 3.63) is 60.2 Å². The lowest BCUT2D eigenvalue weighted by molar-refractivity contribution is 0.00933. The summed E-state index contributed by atoms with van der Waals surface area (Å²) in [6.07, 6.45) is -1.06. The quantitative estimate of drug-likeness (QED) is 0.795. The van der Waals surface area contributed by atoms with Crippen LogP contribution in [0.5, 0.6) is 11.5 Å². The molecule has 1 unspecified atom stereocenters. The maximum atomic E-state index is 11.7. The lowest BCUT2D eigenvalue weighted by Gasteiger charge is -2.09. The summed E-state index contributed by atoms with van der Waals surface area (Å²) in [6.45, 7) is -0.686. The summed E-state index contributed by atoms with van der Waals surface area (Å²) < 4.78 is 10.5. The number of benzene rings is 2. The second-order valence-electron chi connectivity index (χ2n) is 4.37. The Morgan fingerprint density at radius 2 is 1.62 bits per heavy atom. The van der Waals surface area contributed by atoms with Gasteiger partial charge < -0.3 is 19.7 Å². The fourth-order valence-electron chi connectivity index (χ4n) is 1.59. The van der Waals surface area contributed by atoms with E-state index in [9.17, 15) is 4.79 Å². The van der Waals surface area contributed by atoms with E-state index in [1.165, 1.54) is 0 Å². The van der Waals surface area contributed by atoms with Gasteiger partial charge in [0.25, 0.3) is 0 Å². The molecule has 2 aromatic carbocycles. The van der Waals surface area contributed by atoms with Crippen LogP contribution in [-0.2, 0) is 4.74 Å². The van der Waals surface area contributed by atoms with Crippen molar-refractivity contribution in [2.75, 3.05) is 13.2 Å². The van der Waals surface area contributed by atoms with Gasteiger partial charge in [-0.15, -0.1) is 0 Å². The van der Waals surface area contributed by atoms with Crippen molar-refractivity contribution in [1.82, 2.24) is 0 Å². The molecular formula is C16H16O5. The van der Waals surface area contributed by atoms with Crippen LogP contribution >= 0.6 is 0 Å². The Bertz CT molecular complexity index is 565. The van der Waals surface area contributed by atoms with Gasteiger partial charge in [0.1, 0.15) is 24.2 Å². The minimum absolute atomic E-state index is 0.238. The Kier molecular flexibility index (Phi) is 5.31. The first kappa shape index (κ1) is 15.0. The van der Waals surface area contributed by atoms with E-state index in [1.54, 1.807) is 24.3 Å². The molecule has 5 heteroatoms. The lowest BCUT2D eigenvalue weighted by Crippen LogP contribution is -2.21. The molecule has 0 aliphatic carbocycles. The van der Waals surface area contributed by atoms with E-state index in [0.717, 1.165) is 0 Å². The van der Waals surface area contributed by atoms with E-state index in [0.29, 0.717) is 17.1 Å². The number of aliphatic hydroxyl groups is 2. The molecule has 5 nitrogen and oxygen atoms in total. The van der Waals surface area contributed by atoms with Crippen molar-refractivity contribution < 1.29 is 24.5 Å². The zero-order valence-electron chi connectivity index (χ0n) is 11.3. The number of carbonyl (C=O) groups excluding carboxylic acids is 1. The van der Waals surface area contributed by atoms with Crippen LogP contribution in [0, 0.1) is 0 Å². The van der Waals surface area contributed by atoms with Crippen LogP contribution in [0.25, 0.3) is 0 Å². The van der Waals surface area contributed by atoms with Crippen molar-refractivity contribution in [3.63, 3.8) is 0 Å². The van der Waals surface area contributed by atoms with Gasteiger partial charge in [0, 0.05) is 0 Å². The minimum atomic E-state index is -1.06. The van der Waals surface area contributed by atoms with Gasteiger partial charge in [0.05, 0.1) is 12.2 Å². The fourth-order valence-corrected chi connectivity index (χ4v) is 1.59. The molecular weight excluding hydrogens is 272 g/mol. The van der Waals surface area contributed by atoms with Gasteiger partial charge in [-0.05, 0) is 36.4 Å². The van der Waals surface area contributed by atoms with Gasteiger partial charge in [-0.25, -0.2) is 4.79 Å². The molecule has 0 fully saturated rings. The normalized spacial score (nSPS) is 11.7. The highest BCUT2D eigenvalue weighted by Crippen LogP contribution is 2.21. The summed E-state index contributed by atoms with van der Waals surface area (Å²) in [7, 11) is 0. The van der Waals surface area contributed by atoms with Gasteiger partial charge in [0.2, 0.25) is 0 Å². The first-order valence-electron chi connectivity index (χ1n) is 6.48. The molecule has 0 saturated heterocycles. The highest BCUT2D eigenvalue weighted by molar-refractivity contribution is 5.89. The van der Waals surface area contributed by atoms with Crippen LogP contribution in [0.1, 0.15) is 10.4 Å². The molecule has 0 bridgehead atoms. The van der Waals surface area contributed by atoms with Crippen molar-refractivity contribution in [2.24, 2.45) is 0 Å². The number of hydrogen-bond donors (Lipinski definition) is 2. The number of aliphatic hydroxyl groups excluding tert-OH is 2. The van der Waals surface area contributed by atoms with Crippen molar-refractivity contribution >= 4 is 5.97 Å². The monoisotopic (exact) mass is 288 g/mol. The molecule has 0 aliphatic rings. The summed E-state index contributed by atoms with van der Waals surface area (Å²) in [6, 6.07) is 15.8. The molecule has 2 N–H and O–H groups in total. The van der Waals surface area contributed by atoms with Gasteiger partial charge in [-0.1, -0.05) is 18.2 Å². The molecule has 1 atom stereocenters. The molecule has 0 saturated carbocycles. The van der Waals surface area contributed by atoms with Crippen LogP contribution in [0.2, 0.25) is 0 Å². The Hall–Kier alpha value is -2.37. The lowest BCUT2D eigenvalue weighted by atomic mass is 10.2. The number of ether oxygens (including phenoxy) is 2. The molecule has 2 rings (SSSR count). The van der Waals surface area contributed by atoms with Crippen LogP contribution in [0.3, 0.4) is 0 Å².